The largest absolute Gasteiger partial charge is 0.366 e. The van der Waals surface area contributed by atoms with Crippen LogP contribution in [0.4, 0.5) is 0 Å². The van der Waals surface area contributed by atoms with E-state index in [-0.39, 0.29) is 21.9 Å². The SMILES string of the molecule is CC(C)(C)CNC(=O)c1ccc(Cl)c(C(N)=O)c1. The molecule has 0 unspecified atom stereocenters. The van der Waals surface area contributed by atoms with Gasteiger partial charge in [-0.25, -0.2) is 0 Å². The molecule has 0 aromatic heterocycles. The lowest BCUT2D eigenvalue weighted by molar-refractivity contribution is 0.0939. The van der Waals surface area contributed by atoms with Gasteiger partial charge < -0.3 is 11.1 Å². The van der Waals surface area contributed by atoms with Gasteiger partial charge in [0.2, 0.25) is 5.91 Å². The molecule has 98 valence electrons. The minimum Gasteiger partial charge on any atom is -0.366 e. The van der Waals surface area contributed by atoms with Crippen molar-refractivity contribution in [1.82, 2.24) is 5.32 Å². The molecule has 0 aliphatic carbocycles. The molecule has 0 bridgehead atoms. The van der Waals surface area contributed by atoms with Gasteiger partial charge in [-0.05, 0) is 23.6 Å². The third-order valence-electron chi connectivity index (χ3n) is 2.27. The summed E-state index contributed by atoms with van der Waals surface area (Å²) in [7, 11) is 0. The fourth-order valence-electron chi connectivity index (χ4n) is 1.30. The number of carbonyl (C=O) groups excluding carboxylic acids is 2. The topological polar surface area (TPSA) is 72.2 Å². The summed E-state index contributed by atoms with van der Waals surface area (Å²) in [6.45, 7) is 6.60. The number of nitrogens with one attached hydrogen (secondary N) is 1. The van der Waals surface area contributed by atoms with Crippen LogP contribution in [0.2, 0.25) is 5.02 Å². The highest BCUT2D eigenvalue weighted by molar-refractivity contribution is 6.34. The van der Waals surface area contributed by atoms with Crippen LogP contribution in [0.5, 0.6) is 0 Å². The molecule has 5 heteroatoms. The molecule has 1 rings (SSSR count). The highest BCUT2D eigenvalue weighted by Gasteiger charge is 2.15. The van der Waals surface area contributed by atoms with Gasteiger partial charge in [-0.3, -0.25) is 9.59 Å². The molecule has 0 heterocycles. The van der Waals surface area contributed by atoms with Gasteiger partial charge in [-0.15, -0.1) is 0 Å². The molecule has 0 atom stereocenters. The Labute approximate surface area is 112 Å². The van der Waals surface area contributed by atoms with Gasteiger partial charge >= 0.3 is 0 Å². The number of rotatable bonds is 3. The number of halogens is 1. The van der Waals surface area contributed by atoms with Crippen molar-refractivity contribution in [3.8, 4) is 0 Å². The van der Waals surface area contributed by atoms with Crippen molar-refractivity contribution in [3.63, 3.8) is 0 Å². The van der Waals surface area contributed by atoms with E-state index in [4.69, 9.17) is 17.3 Å². The average molecular weight is 269 g/mol. The number of carbonyl (C=O) groups is 2. The van der Waals surface area contributed by atoms with Crippen LogP contribution in [0.3, 0.4) is 0 Å². The van der Waals surface area contributed by atoms with Gasteiger partial charge in [0, 0.05) is 12.1 Å². The van der Waals surface area contributed by atoms with Crippen LogP contribution in [0.1, 0.15) is 41.5 Å². The Morgan fingerprint density at radius 3 is 2.44 bits per heavy atom. The van der Waals surface area contributed by atoms with Crippen molar-refractivity contribution in [3.05, 3.63) is 34.3 Å². The smallest absolute Gasteiger partial charge is 0.251 e. The Bertz CT molecular complexity index is 478. The Morgan fingerprint density at radius 2 is 1.94 bits per heavy atom. The van der Waals surface area contributed by atoms with Crippen molar-refractivity contribution < 1.29 is 9.59 Å². The summed E-state index contributed by atoms with van der Waals surface area (Å²) < 4.78 is 0. The quantitative estimate of drug-likeness (QED) is 0.882. The van der Waals surface area contributed by atoms with Gasteiger partial charge in [0.15, 0.2) is 0 Å². The standard InChI is InChI=1S/C13H17ClN2O2/c1-13(2,3)7-16-12(18)8-4-5-10(14)9(6-8)11(15)17/h4-6H,7H2,1-3H3,(H2,15,17)(H,16,18). The zero-order chi connectivity index (χ0) is 13.9. The third-order valence-corrected chi connectivity index (χ3v) is 2.60. The predicted molar refractivity (Wildman–Crippen MR) is 71.8 cm³/mol. The van der Waals surface area contributed by atoms with E-state index in [0.717, 1.165) is 0 Å². The second-order valence-electron chi connectivity index (χ2n) is 5.30. The van der Waals surface area contributed by atoms with E-state index in [1.54, 1.807) is 6.07 Å². The molecule has 1 aromatic rings. The summed E-state index contributed by atoms with van der Waals surface area (Å²) in [5.74, 6) is -0.894. The molecule has 4 nitrogen and oxygen atoms in total. The normalized spacial score (nSPS) is 11.1. The monoisotopic (exact) mass is 268 g/mol. The number of hydrogen-bond acceptors (Lipinski definition) is 2. The maximum absolute atomic E-state index is 11.9. The number of nitrogens with two attached hydrogens (primary N) is 1. The predicted octanol–water partition coefficient (Wildman–Crippen LogP) is 2.21. The molecule has 0 radical (unpaired) electrons. The van der Waals surface area contributed by atoms with Crippen molar-refractivity contribution in [1.29, 1.82) is 0 Å². The molecule has 1 aromatic carbocycles. The minimum atomic E-state index is -0.648. The molecule has 0 fully saturated rings. The summed E-state index contributed by atoms with van der Waals surface area (Å²) in [6, 6.07) is 4.46. The maximum atomic E-state index is 11.9. The second-order valence-corrected chi connectivity index (χ2v) is 5.71. The molecule has 18 heavy (non-hydrogen) atoms. The molecule has 0 saturated carbocycles. The van der Waals surface area contributed by atoms with Crippen LogP contribution in [-0.4, -0.2) is 18.4 Å². The Balaban J connectivity index is 2.87. The Morgan fingerprint density at radius 1 is 1.33 bits per heavy atom. The van der Waals surface area contributed by atoms with Crippen LogP contribution in [0.15, 0.2) is 18.2 Å². The molecule has 0 saturated heterocycles. The van der Waals surface area contributed by atoms with E-state index in [9.17, 15) is 9.59 Å². The molecule has 0 aliphatic heterocycles. The van der Waals surface area contributed by atoms with Crippen LogP contribution < -0.4 is 11.1 Å². The highest BCUT2D eigenvalue weighted by atomic mass is 35.5. The first-order valence-electron chi connectivity index (χ1n) is 5.58. The second kappa shape index (κ2) is 5.40. The van der Waals surface area contributed by atoms with E-state index in [1.165, 1.54) is 12.1 Å². The van der Waals surface area contributed by atoms with Gasteiger partial charge in [0.1, 0.15) is 0 Å². The maximum Gasteiger partial charge on any atom is 0.251 e. The van der Waals surface area contributed by atoms with Crippen molar-refractivity contribution >= 4 is 23.4 Å². The van der Waals surface area contributed by atoms with Crippen molar-refractivity contribution in [2.24, 2.45) is 11.1 Å². The van der Waals surface area contributed by atoms with Crippen molar-refractivity contribution in [2.75, 3.05) is 6.54 Å². The van der Waals surface area contributed by atoms with Gasteiger partial charge in [0.25, 0.3) is 5.91 Å². The first-order chi connectivity index (χ1) is 8.20. The summed E-state index contributed by atoms with van der Waals surface area (Å²) in [5.41, 5.74) is 5.69. The van der Waals surface area contributed by atoms with Crippen LogP contribution in [0.25, 0.3) is 0 Å². The lowest BCUT2D eigenvalue weighted by Gasteiger charge is -2.18. The Kier molecular flexibility index (Phi) is 4.35. The van der Waals surface area contributed by atoms with E-state index < -0.39 is 5.91 Å². The first kappa shape index (κ1) is 14.5. The molecule has 2 amide bonds. The third kappa shape index (κ3) is 4.04. The van der Waals surface area contributed by atoms with E-state index >= 15 is 0 Å². The molecular weight excluding hydrogens is 252 g/mol. The Hall–Kier alpha value is -1.55. The molecule has 0 spiro atoms. The average Bonchev–Trinajstić information content (AvgIpc) is 2.25. The fraction of sp³-hybridized carbons (Fsp3) is 0.385. The molecule has 3 N–H and O–H groups in total. The fourth-order valence-corrected chi connectivity index (χ4v) is 1.51. The summed E-state index contributed by atoms with van der Waals surface area (Å²) in [4.78, 5) is 23.0. The van der Waals surface area contributed by atoms with E-state index in [0.29, 0.717) is 12.1 Å². The lowest BCUT2D eigenvalue weighted by Crippen LogP contribution is -2.32. The number of primary amides is 1. The first-order valence-corrected chi connectivity index (χ1v) is 5.96. The number of benzene rings is 1. The zero-order valence-electron chi connectivity index (χ0n) is 10.7. The zero-order valence-corrected chi connectivity index (χ0v) is 11.5. The van der Waals surface area contributed by atoms with E-state index in [2.05, 4.69) is 5.32 Å². The van der Waals surface area contributed by atoms with Gasteiger partial charge in [-0.2, -0.15) is 0 Å². The van der Waals surface area contributed by atoms with Crippen LogP contribution >= 0.6 is 11.6 Å². The summed E-state index contributed by atoms with van der Waals surface area (Å²) in [5, 5.41) is 3.04. The summed E-state index contributed by atoms with van der Waals surface area (Å²) >= 11 is 5.81. The van der Waals surface area contributed by atoms with E-state index in [1.807, 2.05) is 20.8 Å². The van der Waals surface area contributed by atoms with Crippen LogP contribution in [-0.2, 0) is 0 Å². The van der Waals surface area contributed by atoms with Crippen molar-refractivity contribution in [2.45, 2.75) is 20.8 Å². The number of hydrogen-bond donors (Lipinski definition) is 2. The molecular formula is C13H17ClN2O2. The van der Waals surface area contributed by atoms with Gasteiger partial charge in [0.05, 0.1) is 10.6 Å². The summed E-state index contributed by atoms with van der Waals surface area (Å²) in [6.07, 6.45) is 0. The van der Waals surface area contributed by atoms with Crippen LogP contribution in [0, 0.1) is 5.41 Å². The van der Waals surface area contributed by atoms with Gasteiger partial charge in [-0.1, -0.05) is 32.4 Å². The number of amides is 2. The minimum absolute atomic E-state index is 0.00535. The molecule has 0 aliphatic rings. The highest BCUT2D eigenvalue weighted by Crippen LogP contribution is 2.17. The lowest BCUT2D eigenvalue weighted by atomic mass is 9.97.